The van der Waals surface area contributed by atoms with Crippen molar-refractivity contribution in [2.45, 2.75) is 32.4 Å². The smallest absolute Gasteiger partial charge is 0.410 e. The Morgan fingerprint density at radius 3 is 2.47 bits per heavy atom. The van der Waals surface area contributed by atoms with Crippen molar-refractivity contribution in [3.8, 4) is 0 Å². The lowest BCUT2D eigenvalue weighted by molar-refractivity contribution is -0.140. The molecular formula is C10H19ClN2O4. The predicted molar refractivity (Wildman–Crippen MR) is 64.5 cm³/mol. The number of piperazine rings is 1. The number of rotatable bonds is 1. The van der Waals surface area contributed by atoms with Crippen LogP contribution in [0.1, 0.15) is 20.8 Å². The van der Waals surface area contributed by atoms with Gasteiger partial charge in [0, 0.05) is 13.1 Å². The third-order valence-corrected chi connectivity index (χ3v) is 2.13. The van der Waals surface area contributed by atoms with Gasteiger partial charge in [0.1, 0.15) is 11.6 Å². The fourth-order valence-corrected chi connectivity index (χ4v) is 1.41. The van der Waals surface area contributed by atoms with E-state index in [4.69, 9.17) is 9.84 Å². The van der Waals surface area contributed by atoms with Crippen molar-refractivity contribution in [1.82, 2.24) is 10.2 Å². The lowest BCUT2D eigenvalue weighted by atomic mass is 10.2. The molecule has 1 aliphatic heterocycles. The number of hydrogen-bond donors (Lipinski definition) is 2. The van der Waals surface area contributed by atoms with E-state index in [9.17, 15) is 9.59 Å². The molecule has 2 N–H and O–H groups in total. The van der Waals surface area contributed by atoms with E-state index in [2.05, 4.69) is 5.32 Å². The molecule has 1 fully saturated rings. The molecule has 0 unspecified atom stereocenters. The number of amides is 1. The molecule has 0 saturated carbocycles. The number of nitrogens with one attached hydrogen (secondary N) is 1. The lowest BCUT2D eigenvalue weighted by Crippen LogP contribution is -2.56. The number of halogens is 1. The van der Waals surface area contributed by atoms with E-state index in [-0.39, 0.29) is 19.0 Å². The summed E-state index contributed by atoms with van der Waals surface area (Å²) in [5, 5.41) is 11.6. The van der Waals surface area contributed by atoms with Crippen LogP contribution in [-0.4, -0.2) is 53.3 Å². The van der Waals surface area contributed by atoms with E-state index < -0.39 is 23.7 Å². The number of carboxylic acids is 1. The minimum atomic E-state index is -0.951. The van der Waals surface area contributed by atoms with Gasteiger partial charge in [-0.25, -0.2) is 4.79 Å². The highest BCUT2D eigenvalue weighted by Crippen LogP contribution is 2.11. The van der Waals surface area contributed by atoms with Crippen LogP contribution in [0.3, 0.4) is 0 Å². The number of nitrogens with zero attached hydrogens (tertiary/aromatic N) is 1. The molecule has 0 bridgehead atoms. The average Bonchev–Trinajstić information content (AvgIpc) is 2.15. The molecule has 0 aromatic heterocycles. The molecule has 1 amide bonds. The Kier molecular flexibility index (Phi) is 5.71. The normalized spacial score (nSPS) is 20.4. The van der Waals surface area contributed by atoms with Crippen molar-refractivity contribution in [1.29, 1.82) is 0 Å². The molecule has 0 spiro atoms. The first-order valence-corrected chi connectivity index (χ1v) is 5.24. The van der Waals surface area contributed by atoms with Crippen LogP contribution in [0.5, 0.6) is 0 Å². The van der Waals surface area contributed by atoms with E-state index in [1.165, 1.54) is 4.90 Å². The highest BCUT2D eigenvalue weighted by Gasteiger charge is 2.30. The fourth-order valence-electron chi connectivity index (χ4n) is 1.41. The summed E-state index contributed by atoms with van der Waals surface area (Å²) < 4.78 is 5.17. The van der Waals surface area contributed by atoms with Gasteiger partial charge in [-0.15, -0.1) is 12.4 Å². The molecule has 17 heavy (non-hydrogen) atoms. The van der Waals surface area contributed by atoms with Gasteiger partial charge < -0.3 is 20.1 Å². The lowest BCUT2D eigenvalue weighted by Gasteiger charge is -2.33. The Labute approximate surface area is 107 Å². The number of carbonyl (C=O) groups excluding carboxylic acids is 1. The van der Waals surface area contributed by atoms with Crippen LogP contribution < -0.4 is 5.32 Å². The molecule has 1 aliphatic rings. The van der Waals surface area contributed by atoms with E-state index in [1.807, 2.05) is 0 Å². The Balaban J connectivity index is 0.00000256. The SMILES string of the molecule is CC(C)(C)OC(=O)N1CCN[C@@H](C(=O)O)C1.Cl. The summed E-state index contributed by atoms with van der Waals surface area (Å²) in [5.74, 6) is -0.951. The molecule has 7 heteroatoms. The first-order valence-electron chi connectivity index (χ1n) is 5.24. The second-order valence-corrected chi connectivity index (χ2v) is 4.77. The van der Waals surface area contributed by atoms with Crippen molar-refractivity contribution >= 4 is 24.5 Å². The van der Waals surface area contributed by atoms with Crippen LogP contribution >= 0.6 is 12.4 Å². The zero-order valence-corrected chi connectivity index (χ0v) is 11.0. The van der Waals surface area contributed by atoms with Gasteiger partial charge in [0.15, 0.2) is 0 Å². The van der Waals surface area contributed by atoms with Crippen molar-refractivity contribution in [2.24, 2.45) is 0 Å². The van der Waals surface area contributed by atoms with Gasteiger partial charge in [-0.3, -0.25) is 4.79 Å². The topological polar surface area (TPSA) is 78.9 Å². The average molecular weight is 267 g/mol. The van der Waals surface area contributed by atoms with Crippen LogP contribution in [-0.2, 0) is 9.53 Å². The van der Waals surface area contributed by atoms with Gasteiger partial charge >= 0.3 is 12.1 Å². The van der Waals surface area contributed by atoms with Crippen molar-refractivity contribution in [3.05, 3.63) is 0 Å². The van der Waals surface area contributed by atoms with Gasteiger partial charge in [0.2, 0.25) is 0 Å². The minimum absolute atomic E-state index is 0. The number of aliphatic carboxylic acids is 1. The summed E-state index contributed by atoms with van der Waals surface area (Å²) in [5.41, 5.74) is -0.555. The molecule has 6 nitrogen and oxygen atoms in total. The Hall–Kier alpha value is -1.01. The molecule has 0 aliphatic carbocycles. The maximum atomic E-state index is 11.7. The first-order chi connectivity index (χ1) is 7.29. The number of ether oxygens (including phenoxy) is 1. The van der Waals surface area contributed by atoms with Crippen molar-refractivity contribution < 1.29 is 19.4 Å². The van der Waals surface area contributed by atoms with Crippen LogP contribution in [0.15, 0.2) is 0 Å². The summed E-state index contributed by atoms with van der Waals surface area (Å²) in [6, 6.07) is -0.707. The standard InChI is InChI=1S/C10H18N2O4.ClH/c1-10(2,3)16-9(15)12-5-4-11-7(6-12)8(13)14;/h7,11H,4-6H2,1-3H3,(H,13,14);1H/t7-;/m1./s1. The molecule has 1 rings (SSSR count). The zero-order valence-electron chi connectivity index (χ0n) is 10.2. The molecule has 0 aromatic carbocycles. The van der Waals surface area contributed by atoms with E-state index in [0.29, 0.717) is 13.1 Å². The Morgan fingerprint density at radius 2 is 2.00 bits per heavy atom. The highest BCUT2D eigenvalue weighted by atomic mass is 35.5. The minimum Gasteiger partial charge on any atom is -0.480 e. The van der Waals surface area contributed by atoms with E-state index in [1.54, 1.807) is 20.8 Å². The van der Waals surface area contributed by atoms with Gasteiger partial charge in [-0.05, 0) is 20.8 Å². The van der Waals surface area contributed by atoms with Crippen LogP contribution in [0.2, 0.25) is 0 Å². The molecule has 100 valence electrons. The maximum absolute atomic E-state index is 11.7. The number of hydrogen-bond acceptors (Lipinski definition) is 4. The van der Waals surface area contributed by atoms with E-state index in [0.717, 1.165) is 0 Å². The quantitative estimate of drug-likeness (QED) is 0.730. The second-order valence-electron chi connectivity index (χ2n) is 4.77. The summed E-state index contributed by atoms with van der Waals surface area (Å²) in [4.78, 5) is 23.8. The van der Waals surface area contributed by atoms with Crippen LogP contribution in [0, 0.1) is 0 Å². The van der Waals surface area contributed by atoms with Gasteiger partial charge in [-0.2, -0.15) is 0 Å². The Morgan fingerprint density at radius 1 is 1.41 bits per heavy atom. The molecule has 1 atom stereocenters. The number of carboxylic acid groups (broad SMARTS) is 1. The first kappa shape index (κ1) is 16.0. The summed E-state index contributed by atoms with van der Waals surface area (Å²) in [6.07, 6.45) is -0.458. The molecule has 0 radical (unpaired) electrons. The van der Waals surface area contributed by atoms with Crippen LogP contribution in [0.25, 0.3) is 0 Å². The number of carbonyl (C=O) groups is 2. The van der Waals surface area contributed by atoms with Crippen LogP contribution in [0.4, 0.5) is 4.79 Å². The van der Waals surface area contributed by atoms with Gasteiger partial charge in [0.25, 0.3) is 0 Å². The molecular weight excluding hydrogens is 248 g/mol. The largest absolute Gasteiger partial charge is 0.480 e. The monoisotopic (exact) mass is 266 g/mol. The van der Waals surface area contributed by atoms with Gasteiger partial charge in [-0.1, -0.05) is 0 Å². The maximum Gasteiger partial charge on any atom is 0.410 e. The fraction of sp³-hybridized carbons (Fsp3) is 0.800. The van der Waals surface area contributed by atoms with Gasteiger partial charge in [0.05, 0.1) is 6.54 Å². The summed E-state index contributed by atoms with van der Waals surface area (Å²) >= 11 is 0. The van der Waals surface area contributed by atoms with Crippen molar-refractivity contribution in [2.75, 3.05) is 19.6 Å². The second kappa shape index (κ2) is 6.07. The highest BCUT2D eigenvalue weighted by molar-refractivity contribution is 5.85. The molecule has 1 heterocycles. The molecule has 0 aromatic rings. The zero-order chi connectivity index (χ0) is 12.3. The third-order valence-electron chi connectivity index (χ3n) is 2.13. The summed E-state index contributed by atoms with van der Waals surface area (Å²) in [7, 11) is 0. The van der Waals surface area contributed by atoms with E-state index >= 15 is 0 Å². The molecule has 1 saturated heterocycles. The Bertz CT molecular complexity index is 291. The summed E-state index contributed by atoms with van der Waals surface area (Å²) in [6.45, 7) is 6.42. The van der Waals surface area contributed by atoms with Crippen molar-refractivity contribution in [3.63, 3.8) is 0 Å². The predicted octanol–water partition coefficient (Wildman–Crippen LogP) is 0.702. The third kappa shape index (κ3) is 5.23.